The first kappa shape index (κ1) is 17.8. The Morgan fingerprint density at radius 2 is 1.96 bits per heavy atom. The second kappa shape index (κ2) is 5.69. The van der Waals surface area contributed by atoms with Crippen molar-refractivity contribution in [2.75, 3.05) is 27.2 Å². The summed E-state index contributed by atoms with van der Waals surface area (Å²) >= 11 is 0. The highest BCUT2D eigenvalue weighted by molar-refractivity contribution is 5.77. The third kappa shape index (κ3) is 2.58. The summed E-state index contributed by atoms with van der Waals surface area (Å²) in [5.41, 5.74) is -0.356. The van der Waals surface area contributed by atoms with Gasteiger partial charge in [-0.1, -0.05) is 20.3 Å². The molecule has 2 aliphatic carbocycles. The van der Waals surface area contributed by atoms with Crippen LogP contribution in [0.4, 0.5) is 0 Å². The summed E-state index contributed by atoms with van der Waals surface area (Å²) in [4.78, 5) is 13.0. The number of rotatable bonds is 5. The van der Waals surface area contributed by atoms with E-state index in [2.05, 4.69) is 34.9 Å². The molecule has 4 rings (SSSR count). The maximum atomic E-state index is 13.0. The van der Waals surface area contributed by atoms with Gasteiger partial charge in [-0.15, -0.1) is 0 Å². The zero-order valence-electron chi connectivity index (χ0n) is 16.7. The van der Waals surface area contributed by atoms with Crippen LogP contribution < -0.4 is 0 Å². The number of esters is 1. The van der Waals surface area contributed by atoms with Gasteiger partial charge in [-0.2, -0.15) is 0 Å². The van der Waals surface area contributed by atoms with Crippen LogP contribution in [0, 0.1) is 23.7 Å². The molecule has 0 aromatic rings. The van der Waals surface area contributed by atoms with E-state index >= 15 is 0 Å². The highest BCUT2D eigenvalue weighted by Crippen LogP contribution is 2.66. The molecule has 0 aromatic carbocycles. The van der Waals surface area contributed by atoms with Crippen LogP contribution in [-0.4, -0.2) is 54.9 Å². The monoisotopic (exact) mass is 350 g/mol. The molecule has 2 saturated carbocycles. The van der Waals surface area contributed by atoms with E-state index in [1.165, 1.54) is 19.3 Å². The number of ether oxygens (including phenoxy) is 2. The lowest BCUT2D eigenvalue weighted by atomic mass is 9.55. The summed E-state index contributed by atoms with van der Waals surface area (Å²) in [5.74, 6) is 1.60. The van der Waals surface area contributed by atoms with Gasteiger partial charge >= 0.3 is 5.97 Å². The number of quaternary nitrogens is 1. The molecule has 4 heteroatoms. The molecule has 7 atom stereocenters. The van der Waals surface area contributed by atoms with Crippen molar-refractivity contribution in [3.63, 3.8) is 0 Å². The predicted molar refractivity (Wildman–Crippen MR) is 97.0 cm³/mol. The molecule has 4 nitrogen and oxygen atoms in total. The average molecular weight is 351 g/mol. The predicted octanol–water partition coefficient (Wildman–Crippen LogP) is 3.39. The molecule has 0 aromatic heterocycles. The zero-order valence-corrected chi connectivity index (χ0v) is 16.7. The van der Waals surface area contributed by atoms with Crippen molar-refractivity contribution in [3.8, 4) is 0 Å². The van der Waals surface area contributed by atoms with Gasteiger partial charge in [0.1, 0.15) is 17.6 Å². The second-order valence-corrected chi connectivity index (χ2v) is 10.2. The van der Waals surface area contributed by atoms with E-state index in [9.17, 15) is 4.79 Å². The minimum absolute atomic E-state index is 0.0342. The molecule has 4 aliphatic rings. The third-order valence-electron chi connectivity index (χ3n) is 7.90. The van der Waals surface area contributed by atoms with E-state index < -0.39 is 0 Å². The average Bonchev–Trinajstić information content (AvgIpc) is 3.17. The van der Waals surface area contributed by atoms with E-state index in [0.717, 1.165) is 36.8 Å². The Bertz CT molecular complexity index is 561. The molecule has 142 valence electrons. The Morgan fingerprint density at radius 1 is 1.20 bits per heavy atom. The summed E-state index contributed by atoms with van der Waals surface area (Å²) in [5, 5.41) is 0. The highest BCUT2D eigenvalue weighted by atomic mass is 16.7. The van der Waals surface area contributed by atoms with E-state index in [1.54, 1.807) is 0 Å². The maximum absolute atomic E-state index is 13.0. The van der Waals surface area contributed by atoms with Gasteiger partial charge in [0, 0.05) is 11.8 Å². The first-order valence-corrected chi connectivity index (χ1v) is 10.5. The summed E-state index contributed by atoms with van der Waals surface area (Å²) in [7, 11) is 4.55. The molecular formula is C21H36NO3+. The minimum Gasteiger partial charge on any atom is -0.455 e. The lowest BCUT2D eigenvalue weighted by molar-refractivity contribution is -0.893. The summed E-state index contributed by atoms with van der Waals surface area (Å²) in [6, 6.07) is 0. The van der Waals surface area contributed by atoms with Crippen molar-refractivity contribution >= 4 is 5.97 Å². The van der Waals surface area contributed by atoms with Crippen molar-refractivity contribution in [2.45, 2.75) is 76.6 Å². The van der Waals surface area contributed by atoms with E-state index in [4.69, 9.17) is 9.47 Å². The molecule has 0 N–H and O–H groups in total. The SMILES string of the molecule is CCCC[N+](C)(C)CC1C(=O)O[C@@]23[C@H]1CC[C@@H](C)[C@@H]2CC[C@@]1(C)O[C@@H]31. The molecule has 1 unspecified atom stereocenters. The topological polar surface area (TPSA) is 38.8 Å². The van der Waals surface area contributed by atoms with Crippen LogP contribution in [0.2, 0.25) is 0 Å². The van der Waals surface area contributed by atoms with Crippen molar-refractivity contribution in [3.05, 3.63) is 0 Å². The smallest absolute Gasteiger partial charge is 0.315 e. The molecule has 1 spiro atoms. The van der Waals surface area contributed by atoms with Crippen molar-refractivity contribution < 1.29 is 18.8 Å². The van der Waals surface area contributed by atoms with Crippen LogP contribution in [0.15, 0.2) is 0 Å². The highest BCUT2D eigenvalue weighted by Gasteiger charge is 2.77. The lowest BCUT2D eigenvalue weighted by Gasteiger charge is -2.50. The maximum Gasteiger partial charge on any atom is 0.315 e. The molecule has 25 heavy (non-hydrogen) atoms. The number of nitrogens with zero attached hydrogens (tertiary/aromatic N) is 1. The fourth-order valence-corrected chi connectivity index (χ4v) is 6.47. The lowest BCUT2D eigenvalue weighted by Crippen LogP contribution is -2.59. The van der Waals surface area contributed by atoms with Gasteiger partial charge in [-0.05, 0) is 44.9 Å². The largest absolute Gasteiger partial charge is 0.455 e. The summed E-state index contributed by atoms with van der Waals surface area (Å²) < 4.78 is 13.5. The van der Waals surface area contributed by atoms with Crippen LogP contribution in [0.5, 0.6) is 0 Å². The van der Waals surface area contributed by atoms with Crippen LogP contribution in [0.1, 0.15) is 59.3 Å². The Balaban J connectivity index is 1.61. The van der Waals surface area contributed by atoms with Crippen LogP contribution >= 0.6 is 0 Å². The number of carbonyl (C=O) groups excluding carboxylic acids is 1. The third-order valence-corrected chi connectivity index (χ3v) is 7.90. The Labute approximate surface area is 152 Å². The molecule has 4 fully saturated rings. The van der Waals surface area contributed by atoms with Gasteiger partial charge < -0.3 is 14.0 Å². The van der Waals surface area contributed by atoms with Crippen LogP contribution in [0.3, 0.4) is 0 Å². The van der Waals surface area contributed by atoms with Gasteiger partial charge in [0.25, 0.3) is 0 Å². The van der Waals surface area contributed by atoms with Crippen molar-refractivity contribution in [1.82, 2.24) is 0 Å². The molecule has 0 radical (unpaired) electrons. The number of hydrogen-bond acceptors (Lipinski definition) is 3. The standard InChI is InChI=1S/C21H36NO3/c1-6-7-12-22(4,5)13-15-17-9-8-14(2)16-10-11-20(3)19(25-20)21(16,17)24-18(15)23/h14-17,19H,6-13H2,1-5H3/q+1/t14-,15?,16+,17+,19-,20-,21-/m1/s1. The molecule has 2 heterocycles. The molecule has 2 saturated heterocycles. The van der Waals surface area contributed by atoms with Crippen LogP contribution in [0.25, 0.3) is 0 Å². The number of unbranched alkanes of at least 4 members (excludes halogenated alkanes) is 1. The first-order valence-electron chi connectivity index (χ1n) is 10.5. The van der Waals surface area contributed by atoms with Crippen molar-refractivity contribution in [2.24, 2.45) is 23.7 Å². The Kier molecular flexibility index (Phi) is 4.05. The molecule has 0 bridgehead atoms. The Hall–Kier alpha value is -0.610. The quantitative estimate of drug-likeness (QED) is 0.433. The first-order chi connectivity index (χ1) is 11.7. The second-order valence-electron chi connectivity index (χ2n) is 10.2. The molecular weight excluding hydrogens is 314 g/mol. The fraction of sp³-hybridized carbons (Fsp3) is 0.952. The summed E-state index contributed by atoms with van der Waals surface area (Å²) in [6.45, 7) is 8.87. The van der Waals surface area contributed by atoms with Gasteiger partial charge in [-0.3, -0.25) is 4.79 Å². The summed E-state index contributed by atoms with van der Waals surface area (Å²) in [6.07, 6.45) is 7.20. The van der Waals surface area contributed by atoms with Gasteiger partial charge in [0.05, 0.1) is 32.8 Å². The number of hydrogen-bond donors (Lipinski definition) is 0. The van der Waals surface area contributed by atoms with E-state index in [1.807, 2.05) is 0 Å². The number of carbonyl (C=O) groups is 1. The van der Waals surface area contributed by atoms with E-state index in [0.29, 0.717) is 17.8 Å². The van der Waals surface area contributed by atoms with Gasteiger partial charge in [0.2, 0.25) is 0 Å². The van der Waals surface area contributed by atoms with Crippen LogP contribution in [-0.2, 0) is 14.3 Å². The van der Waals surface area contributed by atoms with Crippen molar-refractivity contribution in [1.29, 1.82) is 0 Å². The van der Waals surface area contributed by atoms with Gasteiger partial charge in [0.15, 0.2) is 0 Å². The number of epoxide rings is 1. The molecule has 2 aliphatic heterocycles. The van der Waals surface area contributed by atoms with E-state index in [-0.39, 0.29) is 29.2 Å². The Morgan fingerprint density at radius 3 is 2.68 bits per heavy atom. The zero-order chi connectivity index (χ0) is 18.0. The van der Waals surface area contributed by atoms with Gasteiger partial charge in [-0.25, -0.2) is 0 Å². The minimum atomic E-state index is -0.322. The fourth-order valence-electron chi connectivity index (χ4n) is 6.47. The molecule has 0 amide bonds. The number of fused-ring (bicyclic) bond motifs is 1. The normalized spacial score (nSPS) is 48.4.